The minimum atomic E-state index is -0.416. The summed E-state index contributed by atoms with van der Waals surface area (Å²) in [5, 5.41) is 16.4. The number of aromatic nitrogens is 2. The molecule has 4 aromatic rings. The summed E-state index contributed by atoms with van der Waals surface area (Å²) in [5.74, 6) is 1.50. The molecule has 0 saturated carbocycles. The Labute approximate surface area is 316 Å². The maximum atomic E-state index is 13.2. The molecular weight excluding hydrogens is 679 g/mol. The van der Waals surface area contributed by atoms with Gasteiger partial charge in [0, 0.05) is 64.2 Å². The zero-order chi connectivity index (χ0) is 37.5. The lowest BCUT2D eigenvalue weighted by Crippen LogP contribution is -2.47. The number of carbonyl (C=O) groups excluding carboxylic acids is 2. The smallest absolute Gasteiger partial charge is 0.253 e. The summed E-state index contributed by atoms with van der Waals surface area (Å²) in [5.41, 5.74) is 7.67. The van der Waals surface area contributed by atoms with Crippen LogP contribution in [0.5, 0.6) is 0 Å². The first-order valence-electron chi connectivity index (χ1n) is 19.4. The number of likely N-dealkylation sites (N-methyl/N-ethyl adjacent to an activating group) is 1. The Morgan fingerprint density at radius 3 is 2.39 bits per heavy atom. The zero-order valence-electron chi connectivity index (χ0n) is 31.5. The molecule has 0 radical (unpaired) electrons. The van der Waals surface area contributed by atoms with Gasteiger partial charge in [-0.15, -0.1) is 0 Å². The molecule has 1 unspecified atom stereocenters. The summed E-state index contributed by atoms with van der Waals surface area (Å²) in [6.45, 7) is 8.70. The Bertz CT molecular complexity index is 2180. The third kappa shape index (κ3) is 7.00. The number of nitrogens with one attached hydrogen (secondary N) is 2. The van der Waals surface area contributed by atoms with E-state index in [-0.39, 0.29) is 17.4 Å². The third-order valence-corrected chi connectivity index (χ3v) is 12.1. The molecule has 2 aromatic carbocycles. The van der Waals surface area contributed by atoms with E-state index in [2.05, 4.69) is 55.5 Å². The van der Waals surface area contributed by atoms with E-state index in [9.17, 15) is 19.6 Å². The summed E-state index contributed by atoms with van der Waals surface area (Å²) in [6.07, 6.45) is 7.01. The van der Waals surface area contributed by atoms with Gasteiger partial charge in [0.2, 0.25) is 11.8 Å². The van der Waals surface area contributed by atoms with Gasteiger partial charge in [0.1, 0.15) is 11.9 Å². The van der Waals surface area contributed by atoms with E-state index in [1.807, 2.05) is 54.9 Å². The van der Waals surface area contributed by atoms with Gasteiger partial charge in [-0.25, -0.2) is 4.98 Å². The lowest BCUT2D eigenvalue weighted by Gasteiger charge is -2.39. The Morgan fingerprint density at radius 2 is 1.67 bits per heavy atom. The monoisotopic (exact) mass is 727 g/mol. The number of nitriles is 1. The van der Waals surface area contributed by atoms with Crippen LogP contribution in [0.2, 0.25) is 0 Å². The second-order valence-corrected chi connectivity index (χ2v) is 15.6. The van der Waals surface area contributed by atoms with Gasteiger partial charge in [0.05, 0.1) is 46.1 Å². The molecule has 8 rings (SSSR count). The number of nitrogens with zero attached hydrogens (tertiary/aromatic N) is 7. The second-order valence-electron chi connectivity index (χ2n) is 15.6. The lowest BCUT2D eigenvalue weighted by molar-refractivity contribution is -0.133. The molecule has 0 bridgehead atoms. The number of piperidine rings is 3. The Kier molecular flexibility index (Phi) is 9.75. The number of carbonyl (C=O) groups is 2. The Balaban J connectivity index is 0.917. The highest BCUT2D eigenvalue weighted by Crippen LogP contribution is 2.43. The van der Waals surface area contributed by atoms with Crippen molar-refractivity contribution in [2.45, 2.75) is 57.4 Å². The molecule has 6 heterocycles. The van der Waals surface area contributed by atoms with Gasteiger partial charge in [-0.1, -0.05) is 0 Å². The molecule has 0 aliphatic carbocycles. The highest BCUT2D eigenvalue weighted by Gasteiger charge is 2.30. The Morgan fingerprint density at radius 1 is 0.870 bits per heavy atom. The number of fused-ring (bicyclic) bond motifs is 2. The number of pyridine rings is 2. The van der Waals surface area contributed by atoms with Gasteiger partial charge in [0.25, 0.3) is 5.56 Å². The van der Waals surface area contributed by atoms with Crippen LogP contribution in [0.25, 0.3) is 10.9 Å². The van der Waals surface area contributed by atoms with Crippen LogP contribution in [0.15, 0.2) is 59.5 Å². The molecule has 280 valence electrons. The molecule has 54 heavy (non-hydrogen) atoms. The fourth-order valence-corrected chi connectivity index (χ4v) is 8.90. The van der Waals surface area contributed by atoms with Gasteiger partial charge >= 0.3 is 0 Å². The Hall–Kier alpha value is -5.41. The van der Waals surface area contributed by atoms with Gasteiger partial charge in [-0.3, -0.25) is 19.7 Å². The van der Waals surface area contributed by atoms with Gasteiger partial charge in [-0.2, -0.15) is 5.26 Å². The minimum Gasteiger partial charge on any atom is -0.372 e. The van der Waals surface area contributed by atoms with Crippen molar-refractivity contribution < 1.29 is 9.59 Å². The minimum absolute atomic E-state index is 0.0339. The molecule has 3 fully saturated rings. The van der Waals surface area contributed by atoms with Crippen molar-refractivity contribution in [2.24, 2.45) is 13.0 Å². The molecule has 2 aromatic heterocycles. The van der Waals surface area contributed by atoms with Crippen LogP contribution in [-0.2, 0) is 16.6 Å². The topological polar surface area (TPSA) is 130 Å². The molecule has 4 aliphatic heterocycles. The molecular formula is C42H49N9O3. The summed E-state index contributed by atoms with van der Waals surface area (Å²) in [6, 6.07) is 18.5. The number of hydrogen-bond donors (Lipinski definition) is 2. The van der Waals surface area contributed by atoms with Gasteiger partial charge in [-0.05, 0) is 118 Å². The standard InChI is InChI=1S/C42H49N9O3/c1-27-20-33-36(48(3)42(27)54)22-31(23-37(33)51-19-18-47(2)35-7-4-29(24-43)21-38(35)51)30-12-14-49(15-13-30)26-28-10-16-50(17-11-28)39-8-5-32(25-44-39)45-34-6-9-40(52)46-41(34)53/h4-5,7-8,20-23,25,28,30,34,45H,6,9-19,26H2,1-3H3,(H,46,52,53). The number of benzene rings is 2. The van der Waals surface area contributed by atoms with Crippen LogP contribution >= 0.6 is 0 Å². The zero-order valence-corrected chi connectivity index (χ0v) is 31.5. The molecule has 3 saturated heterocycles. The third-order valence-electron chi connectivity index (χ3n) is 12.1. The van der Waals surface area contributed by atoms with Crippen molar-refractivity contribution in [3.8, 4) is 6.07 Å². The summed E-state index contributed by atoms with van der Waals surface area (Å²) < 4.78 is 1.81. The molecule has 4 aliphatic rings. The predicted octanol–water partition coefficient (Wildman–Crippen LogP) is 5.01. The average Bonchev–Trinajstić information content (AvgIpc) is 3.19. The van der Waals surface area contributed by atoms with Crippen molar-refractivity contribution in [1.29, 1.82) is 5.26 Å². The molecule has 12 heteroatoms. The fraction of sp³-hybridized carbons (Fsp3) is 0.452. The first kappa shape index (κ1) is 35.6. The molecule has 2 N–H and O–H groups in total. The van der Waals surface area contributed by atoms with Crippen molar-refractivity contribution in [3.05, 3.63) is 81.8 Å². The predicted molar refractivity (Wildman–Crippen MR) is 213 cm³/mol. The number of aryl methyl sites for hydroxylation is 2. The molecule has 0 spiro atoms. The maximum Gasteiger partial charge on any atom is 0.253 e. The second kappa shape index (κ2) is 14.8. The number of likely N-dealkylation sites (tertiary alicyclic amines) is 1. The van der Waals surface area contributed by atoms with Crippen molar-refractivity contribution in [3.63, 3.8) is 0 Å². The van der Waals surface area contributed by atoms with E-state index < -0.39 is 6.04 Å². The van der Waals surface area contributed by atoms with Crippen LogP contribution < -0.4 is 30.9 Å². The average molecular weight is 728 g/mol. The maximum absolute atomic E-state index is 13.2. The SMILES string of the molecule is Cc1cc2c(N3CCN(C)c4ccc(C#N)cc43)cc(C3CCN(CC4CCN(c5ccc(NC6CCC(=O)NC6=O)cn5)CC4)CC3)cc2n(C)c1=O. The summed E-state index contributed by atoms with van der Waals surface area (Å²) in [4.78, 5) is 51.1. The van der Waals surface area contributed by atoms with E-state index >= 15 is 0 Å². The summed E-state index contributed by atoms with van der Waals surface area (Å²) in [7, 11) is 3.99. The van der Waals surface area contributed by atoms with Crippen LogP contribution in [0.1, 0.15) is 61.1 Å². The van der Waals surface area contributed by atoms with E-state index in [0.29, 0.717) is 30.2 Å². The van der Waals surface area contributed by atoms with E-state index in [1.165, 1.54) is 5.56 Å². The van der Waals surface area contributed by atoms with Crippen LogP contribution in [0.3, 0.4) is 0 Å². The van der Waals surface area contributed by atoms with Crippen LogP contribution in [0, 0.1) is 24.2 Å². The van der Waals surface area contributed by atoms with Gasteiger partial charge in [0.15, 0.2) is 0 Å². The largest absolute Gasteiger partial charge is 0.372 e. The first-order valence-corrected chi connectivity index (χ1v) is 19.4. The van der Waals surface area contributed by atoms with Crippen LogP contribution in [-0.4, -0.2) is 85.2 Å². The molecule has 12 nitrogen and oxygen atoms in total. The van der Waals surface area contributed by atoms with E-state index in [1.54, 1.807) is 6.20 Å². The lowest BCUT2D eigenvalue weighted by atomic mass is 9.87. The number of rotatable bonds is 7. The first-order chi connectivity index (χ1) is 26.1. The number of anilines is 5. The van der Waals surface area contributed by atoms with Crippen molar-refractivity contribution >= 4 is 51.3 Å². The van der Waals surface area contributed by atoms with Crippen molar-refractivity contribution in [1.82, 2.24) is 19.8 Å². The number of amides is 2. The highest BCUT2D eigenvalue weighted by molar-refractivity contribution is 6.01. The number of imide groups is 1. The summed E-state index contributed by atoms with van der Waals surface area (Å²) >= 11 is 0. The van der Waals surface area contributed by atoms with Crippen LogP contribution in [0.4, 0.5) is 28.6 Å². The normalized spacial score (nSPS) is 20.2. The van der Waals surface area contributed by atoms with Gasteiger partial charge < -0.3 is 29.5 Å². The fourth-order valence-electron chi connectivity index (χ4n) is 8.90. The molecule has 2 amide bonds. The van der Waals surface area contributed by atoms with E-state index in [4.69, 9.17) is 4.98 Å². The molecule has 1 atom stereocenters. The quantitative estimate of drug-likeness (QED) is 0.251. The highest BCUT2D eigenvalue weighted by atomic mass is 16.2. The van der Waals surface area contributed by atoms with E-state index in [0.717, 1.165) is 117 Å². The van der Waals surface area contributed by atoms with Crippen molar-refractivity contribution in [2.75, 3.05) is 72.9 Å². The number of hydrogen-bond acceptors (Lipinski definition) is 10.